The highest BCUT2D eigenvalue weighted by Crippen LogP contribution is 2.44. The summed E-state index contributed by atoms with van der Waals surface area (Å²) in [6, 6.07) is 5.73. The minimum absolute atomic E-state index is 0.0511. The summed E-state index contributed by atoms with van der Waals surface area (Å²) in [4.78, 5) is 24.5. The van der Waals surface area contributed by atoms with Gasteiger partial charge in [0.2, 0.25) is 0 Å². The van der Waals surface area contributed by atoms with Crippen molar-refractivity contribution >= 4 is 35.0 Å². The van der Waals surface area contributed by atoms with Gasteiger partial charge in [0.25, 0.3) is 0 Å². The first-order chi connectivity index (χ1) is 12.8. The Hall–Kier alpha value is -1.26. The normalized spacial score (nSPS) is 26.5. The van der Waals surface area contributed by atoms with Gasteiger partial charge in [0.15, 0.2) is 11.2 Å². The van der Waals surface area contributed by atoms with Crippen LogP contribution in [-0.4, -0.2) is 28.8 Å². The molecule has 4 nitrogen and oxygen atoms in total. The Morgan fingerprint density at radius 2 is 1.96 bits per heavy atom. The van der Waals surface area contributed by atoms with E-state index < -0.39 is 16.9 Å². The maximum atomic E-state index is 12.3. The highest BCUT2D eigenvalue weighted by atomic mass is 35.5. The van der Waals surface area contributed by atoms with E-state index in [0.717, 1.165) is 31.2 Å². The Morgan fingerprint density at radius 1 is 1.26 bits per heavy atom. The van der Waals surface area contributed by atoms with Crippen LogP contribution in [0.25, 0.3) is 0 Å². The number of hydrogen-bond donors (Lipinski definition) is 0. The molecule has 1 aliphatic heterocycles. The molecule has 1 aromatic rings. The van der Waals surface area contributed by atoms with E-state index in [9.17, 15) is 9.59 Å². The van der Waals surface area contributed by atoms with E-state index >= 15 is 0 Å². The van der Waals surface area contributed by atoms with Gasteiger partial charge in [0.1, 0.15) is 11.4 Å². The third kappa shape index (κ3) is 4.60. The first-order valence-corrected chi connectivity index (χ1v) is 10.5. The van der Waals surface area contributed by atoms with Gasteiger partial charge in [-0.15, -0.1) is 11.6 Å². The Labute approximate surface area is 170 Å². The van der Waals surface area contributed by atoms with Crippen molar-refractivity contribution in [1.29, 1.82) is 0 Å². The molecule has 1 aromatic carbocycles. The van der Waals surface area contributed by atoms with Crippen molar-refractivity contribution < 1.29 is 19.1 Å². The van der Waals surface area contributed by atoms with Gasteiger partial charge in [-0.05, 0) is 63.1 Å². The molecular formula is C21H26Cl2O4. The third-order valence-electron chi connectivity index (χ3n) is 5.56. The van der Waals surface area contributed by atoms with Crippen LogP contribution in [0.4, 0.5) is 0 Å². The molecular weight excluding hydrogens is 387 g/mol. The molecule has 0 N–H and O–H groups in total. The van der Waals surface area contributed by atoms with Crippen molar-refractivity contribution in [3.63, 3.8) is 0 Å². The Morgan fingerprint density at radius 3 is 2.56 bits per heavy atom. The SMILES string of the molecule is CC(C)Oc1ccc(CCC2(C3CCCC3)CC(=O)C(Cl)C(=O)O2)cc1Cl. The van der Waals surface area contributed by atoms with Gasteiger partial charge in [-0.3, -0.25) is 4.79 Å². The van der Waals surface area contributed by atoms with Gasteiger partial charge in [0.05, 0.1) is 11.1 Å². The number of hydrogen-bond acceptors (Lipinski definition) is 4. The lowest BCUT2D eigenvalue weighted by atomic mass is 9.76. The quantitative estimate of drug-likeness (QED) is 0.369. The minimum Gasteiger partial charge on any atom is -0.489 e. The second-order valence-corrected chi connectivity index (χ2v) is 8.75. The predicted octanol–water partition coefficient (Wildman–Crippen LogP) is 5.11. The van der Waals surface area contributed by atoms with Gasteiger partial charge in [-0.1, -0.05) is 30.5 Å². The van der Waals surface area contributed by atoms with E-state index in [-0.39, 0.29) is 24.2 Å². The topological polar surface area (TPSA) is 52.6 Å². The van der Waals surface area contributed by atoms with Crippen LogP contribution in [0.3, 0.4) is 0 Å². The van der Waals surface area contributed by atoms with Gasteiger partial charge < -0.3 is 9.47 Å². The molecule has 2 fully saturated rings. The van der Waals surface area contributed by atoms with E-state index in [1.165, 1.54) is 0 Å². The highest BCUT2D eigenvalue weighted by molar-refractivity contribution is 6.41. The van der Waals surface area contributed by atoms with Crippen LogP contribution >= 0.6 is 23.2 Å². The molecule has 0 spiro atoms. The molecule has 1 aliphatic carbocycles. The summed E-state index contributed by atoms with van der Waals surface area (Å²) >= 11 is 12.2. The molecule has 2 atom stereocenters. The van der Waals surface area contributed by atoms with Crippen molar-refractivity contribution in [3.8, 4) is 5.75 Å². The van der Waals surface area contributed by atoms with E-state index in [0.29, 0.717) is 23.6 Å². The first kappa shape index (κ1) is 20.5. The summed E-state index contributed by atoms with van der Waals surface area (Å²) in [5, 5.41) is -0.602. The fourth-order valence-corrected chi connectivity index (χ4v) is 4.60. The number of cyclic esters (lactones) is 1. The fourth-order valence-electron chi connectivity index (χ4n) is 4.23. The van der Waals surface area contributed by atoms with Crippen LogP contribution in [0.2, 0.25) is 5.02 Å². The Bertz CT molecular complexity index is 692. The molecule has 6 heteroatoms. The van der Waals surface area contributed by atoms with Crippen molar-refractivity contribution in [2.45, 2.75) is 75.9 Å². The van der Waals surface area contributed by atoms with Gasteiger partial charge in [-0.2, -0.15) is 0 Å². The third-order valence-corrected chi connectivity index (χ3v) is 6.28. The highest BCUT2D eigenvalue weighted by Gasteiger charge is 2.51. The van der Waals surface area contributed by atoms with Crippen LogP contribution in [0.5, 0.6) is 5.75 Å². The first-order valence-electron chi connectivity index (χ1n) is 9.65. The van der Waals surface area contributed by atoms with Crippen LogP contribution in [0.1, 0.15) is 57.9 Å². The molecule has 2 unspecified atom stereocenters. The fraction of sp³-hybridized carbons (Fsp3) is 0.619. The number of carbonyl (C=O) groups excluding carboxylic acids is 2. The van der Waals surface area contributed by atoms with Gasteiger partial charge in [-0.25, -0.2) is 4.79 Å². The van der Waals surface area contributed by atoms with Crippen LogP contribution in [0, 0.1) is 5.92 Å². The average Bonchev–Trinajstić information content (AvgIpc) is 3.15. The number of halogens is 2. The zero-order valence-corrected chi connectivity index (χ0v) is 17.3. The number of ketones is 1. The van der Waals surface area contributed by atoms with Gasteiger partial charge in [0, 0.05) is 6.42 Å². The molecule has 148 valence electrons. The largest absolute Gasteiger partial charge is 0.489 e. The summed E-state index contributed by atoms with van der Waals surface area (Å²) in [6.07, 6.45) is 5.70. The molecule has 1 saturated carbocycles. The number of alkyl halides is 1. The van der Waals surface area contributed by atoms with E-state index in [4.69, 9.17) is 32.7 Å². The summed E-state index contributed by atoms with van der Waals surface area (Å²) in [5.41, 5.74) is 0.292. The molecule has 2 aliphatic rings. The molecule has 27 heavy (non-hydrogen) atoms. The number of rotatable bonds is 6. The summed E-state index contributed by atoms with van der Waals surface area (Å²) in [6.45, 7) is 3.91. The van der Waals surface area contributed by atoms with Gasteiger partial charge >= 0.3 is 5.97 Å². The lowest BCUT2D eigenvalue weighted by Gasteiger charge is -2.42. The molecule has 0 amide bonds. The zero-order valence-electron chi connectivity index (χ0n) is 15.8. The number of Topliss-reactive ketones (excluding diaryl/α,β-unsaturated/α-hetero) is 1. The van der Waals surface area contributed by atoms with Crippen molar-refractivity contribution in [2.24, 2.45) is 5.92 Å². The molecule has 1 saturated heterocycles. The predicted molar refractivity (Wildman–Crippen MR) is 106 cm³/mol. The number of aryl methyl sites for hydroxylation is 1. The molecule has 3 rings (SSSR count). The van der Waals surface area contributed by atoms with Crippen LogP contribution in [-0.2, 0) is 20.7 Å². The second kappa shape index (κ2) is 8.40. The number of benzene rings is 1. The molecule has 0 aromatic heterocycles. The van der Waals surface area contributed by atoms with Crippen LogP contribution < -0.4 is 4.74 Å². The number of ether oxygens (including phenoxy) is 2. The average molecular weight is 413 g/mol. The summed E-state index contributed by atoms with van der Waals surface area (Å²) < 4.78 is 11.5. The van der Waals surface area contributed by atoms with Crippen molar-refractivity contribution in [3.05, 3.63) is 28.8 Å². The standard InChI is InChI=1S/C21H26Cl2O4/c1-13(2)26-18-8-7-14(11-16(18)22)9-10-21(15-5-3-4-6-15)12-17(24)19(23)20(25)27-21/h7-8,11,13,15,19H,3-6,9-10,12H2,1-2H3. The second-order valence-electron chi connectivity index (χ2n) is 7.90. The maximum Gasteiger partial charge on any atom is 0.332 e. The summed E-state index contributed by atoms with van der Waals surface area (Å²) in [5.74, 6) is 0.0517. The monoisotopic (exact) mass is 412 g/mol. The van der Waals surface area contributed by atoms with E-state index in [1.54, 1.807) is 0 Å². The van der Waals surface area contributed by atoms with Crippen molar-refractivity contribution in [2.75, 3.05) is 0 Å². The number of esters is 1. The lowest BCUT2D eigenvalue weighted by Crippen LogP contribution is -2.52. The Balaban J connectivity index is 1.76. The Kier molecular flexibility index (Phi) is 6.37. The molecule has 0 bridgehead atoms. The minimum atomic E-state index is -1.17. The van der Waals surface area contributed by atoms with Crippen molar-refractivity contribution in [1.82, 2.24) is 0 Å². The molecule has 0 radical (unpaired) electrons. The molecule has 1 heterocycles. The number of carbonyl (C=O) groups is 2. The smallest absolute Gasteiger partial charge is 0.332 e. The van der Waals surface area contributed by atoms with Crippen LogP contribution in [0.15, 0.2) is 18.2 Å². The van der Waals surface area contributed by atoms with E-state index in [2.05, 4.69) is 0 Å². The summed E-state index contributed by atoms with van der Waals surface area (Å²) in [7, 11) is 0. The zero-order chi connectivity index (χ0) is 19.6. The lowest BCUT2D eigenvalue weighted by molar-refractivity contribution is -0.177. The van der Waals surface area contributed by atoms with E-state index in [1.807, 2.05) is 32.0 Å². The maximum absolute atomic E-state index is 12.3.